The van der Waals surface area contributed by atoms with Gasteiger partial charge in [0, 0.05) is 18.4 Å². The molecule has 0 atom stereocenters. The normalized spacial score (nSPS) is 14.4. The summed E-state index contributed by atoms with van der Waals surface area (Å²) < 4.78 is 32.7. The SMILES string of the molecule is CS(=O)(=O)c1cc2c(cc1N)OCO2. The molecule has 1 aromatic carbocycles. The molecule has 6 heteroatoms. The van der Waals surface area contributed by atoms with Crippen LogP contribution in [0.15, 0.2) is 17.0 Å². The maximum absolute atomic E-state index is 11.3. The van der Waals surface area contributed by atoms with Crippen molar-refractivity contribution in [3.8, 4) is 11.5 Å². The molecular weight excluding hydrogens is 206 g/mol. The Morgan fingerprint density at radius 1 is 1.29 bits per heavy atom. The van der Waals surface area contributed by atoms with Crippen molar-refractivity contribution in [1.82, 2.24) is 0 Å². The molecule has 14 heavy (non-hydrogen) atoms. The average molecular weight is 215 g/mol. The third-order valence-electron chi connectivity index (χ3n) is 1.90. The van der Waals surface area contributed by atoms with Crippen molar-refractivity contribution in [3.63, 3.8) is 0 Å². The standard InChI is InChI=1S/C8H9NO4S/c1-14(10,11)8-3-7-6(2-5(8)9)12-4-13-7/h2-3H,4,9H2,1H3. The predicted octanol–water partition coefficient (Wildman–Crippen LogP) is 0.401. The van der Waals surface area contributed by atoms with Crippen LogP contribution >= 0.6 is 0 Å². The highest BCUT2D eigenvalue weighted by Crippen LogP contribution is 2.37. The number of sulfone groups is 1. The first-order valence-corrected chi connectivity index (χ1v) is 5.77. The first-order chi connectivity index (χ1) is 6.48. The molecule has 1 aliphatic heterocycles. The van der Waals surface area contributed by atoms with Crippen molar-refractivity contribution in [1.29, 1.82) is 0 Å². The molecule has 0 aliphatic carbocycles. The molecule has 2 N–H and O–H groups in total. The Bertz CT molecular complexity index is 480. The fourth-order valence-corrected chi connectivity index (χ4v) is 2.07. The van der Waals surface area contributed by atoms with E-state index in [0.717, 1.165) is 6.26 Å². The molecule has 0 amide bonds. The van der Waals surface area contributed by atoms with E-state index < -0.39 is 9.84 Å². The van der Waals surface area contributed by atoms with Gasteiger partial charge in [-0.25, -0.2) is 8.42 Å². The van der Waals surface area contributed by atoms with Crippen LogP contribution in [0.4, 0.5) is 5.69 Å². The van der Waals surface area contributed by atoms with E-state index in [4.69, 9.17) is 15.2 Å². The molecule has 0 radical (unpaired) electrons. The Kier molecular flexibility index (Phi) is 1.81. The number of nitrogens with two attached hydrogens (primary N) is 1. The number of benzene rings is 1. The Hall–Kier alpha value is -1.43. The highest BCUT2D eigenvalue weighted by Gasteiger charge is 2.20. The van der Waals surface area contributed by atoms with E-state index in [2.05, 4.69) is 0 Å². The topological polar surface area (TPSA) is 78.6 Å². The molecule has 2 rings (SSSR count). The van der Waals surface area contributed by atoms with Crippen molar-refractivity contribution in [2.45, 2.75) is 4.90 Å². The molecule has 0 unspecified atom stereocenters. The van der Waals surface area contributed by atoms with E-state index in [1.54, 1.807) is 0 Å². The first kappa shape index (κ1) is 9.14. The van der Waals surface area contributed by atoms with Crippen LogP contribution in [-0.2, 0) is 9.84 Å². The van der Waals surface area contributed by atoms with Crippen molar-refractivity contribution in [2.24, 2.45) is 0 Å². The summed E-state index contributed by atoms with van der Waals surface area (Å²) in [5, 5.41) is 0. The van der Waals surface area contributed by atoms with Crippen LogP contribution < -0.4 is 15.2 Å². The van der Waals surface area contributed by atoms with Gasteiger partial charge in [-0.1, -0.05) is 0 Å². The lowest BCUT2D eigenvalue weighted by Crippen LogP contribution is -2.02. The van der Waals surface area contributed by atoms with Crippen LogP contribution in [0.25, 0.3) is 0 Å². The molecule has 1 heterocycles. The minimum atomic E-state index is -3.32. The molecule has 0 saturated heterocycles. The summed E-state index contributed by atoms with van der Waals surface area (Å²) >= 11 is 0. The minimum Gasteiger partial charge on any atom is -0.454 e. The number of fused-ring (bicyclic) bond motifs is 1. The largest absolute Gasteiger partial charge is 0.454 e. The van der Waals surface area contributed by atoms with E-state index in [1.165, 1.54) is 12.1 Å². The van der Waals surface area contributed by atoms with Crippen molar-refractivity contribution < 1.29 is 17.9 Å². The van der Waals surface area contributed by atoms with E-state index in [1.807, 2.05) is 0 Å². The maximum Gasteiger partial charge on any atom is 0.231 e. The molecule has 1 aromatic rings. The van der Waals surface area contributed by atoms with Crippen molar-refractivity contribution >= 4 is 15.5 Å². The zero-order valence-corrected chi connectivity index (χ0v) is 8.30. The number of nitrogen functional groups attached to an aromatic ring is 1. The lowest BCUT2D eigenvalue weighted by atomic mass is 10.3. The van der Waals surface area contributed by atoms with Crippen LogP contribution in [0.1, 0.15) is 0 Å². The van der Waals surface area contributed by atoms with Gasteiger partial charge in [0.15, 0.2) is 21.3 Å². The van der Waals surface area contributed by atoms with Crippen LogP contribution in [0.3, 0.4) is 0 Å². The van der Waals surface area contributed by atoms with Gasteiger partial charge in [-0.2, -0.15) is 0 Å². The van der Waals surface area contributed by atoms with Gasteiger partial charge in [0.1, 0.15) is 0 Å². The summed E-state index contributed by atoms with van der Waals surface area (Å²) in [6.07, 6.45) is 1.10. The third-order valence-corrected chi connectivity index (χ3v) is 3.06. The number of hydrogen-bond donors (Lipinski definition) is 1. The van der Waals surface area contributed by atoms with E-state index in [9.17, 15) is 8.42 Å². The summed E-state index contributed by atoms with van der Waals surface area (Å²) in [4.78, 5) is 0.0711. The summed E-state index contributed by atoms with van der Waals surface area (Å²) in [6.45, 7) is 0.0992. The van der Waals surface area contributed by atoms with Crippen LogP contribution in [0.2, 0.25) is 0 Å². The van der Waals surface area contributed by atoms with Gasteiger partial charge in [0.05, 0.1) is 10.6 Å². The zero-order valence-electron chi connectivity index (χ0n) is 7.48. The quantitative estimate of drug-likeness (QED) is 0.686. The second-order valence-corrected chi connectivity index (χ2v) is 5.00. The Labute approximate surface area is 81.3 Å². The van der Waals surface area contributed by atoms with E-state index in [-0.39, 0.29) is 17.4 Å². The molecule has 76 valence electrons. The summed E-state index contributed by atoms with van der Waals surface area (Å²) in [5.74, 6) is 0.898. The summed E-state index contributed by atoms with van der Waals surface area (Å²) in [7, 11) is -3.32. The predicted molar refractivity (Wildman–Crippen MR) is 50.1 cm³/mol. The number of rotatable bonds is 1. The molecule has 0 fully saturated rings. The Morgan fingerprint density at radius 2 is 1.86 bits per heavy atom. The second kappa shape index (κ2) is 2.78. The molecule has 0 aromatic heterocycles. The number of anilines is 1. The lowest BCUT2D eigenvalue weighted by molar-refractivity contribution is 0.174. The Balaban J connectivity index is 2.65. The molecular formula is C8H9NO4S. The highest BCUT2D eigenvalue weighted by molar-refractivity contribution is 7.90. The fraction of sp³-hybridized carbons (Fsp3) is 0.250. The van der Waals surface area contributed by atoms with Gasteiger partial charge >= 0.3 is 0 Å². The molecule has 0 bridgehead atoms. The number of ether oxygens (including phenoxy) is 2. The first-order valence-electron chi connectivity index (χ1n) is 3.87. The maximum atomic E-state index is 11.3. The Morgan fingerprint density at radius 3 is 2.43 bits per heavy atom. The number of hydrogen-bond acceptors (Lipinski definition) is 5. The smallest absolute Gasteiger partial charge is 0.231 e. The van der Waals surface area contributed by atoms with Gasteiger partial charge < -0.3 is 15.2 Å². The zero-order chi connectivity index (χ0) is 10.3. The van der Waals surface area contributed by atoms with Gasteiger partial charge in [0.2, 0.25) is 6.79 Å². The lowest BCUT2D eigenvalue weighted by Gasteiger charge is -2.04. The summed E-state index contributed by atoms with van der Waals surface area (Å²) in [6, 6.07) is 2.84. The van der Waals surface area contributed by atoms with Gasteiger partial charge in [-0.05, 0) is 0 Å². The highest BCUT2D eigenvalue weighted by atomic mass is 32.2. The molecule has 1 aliphatic rings. The van der Waals surface area contributed by atoms with Crippen molar-refractivity contribution in [3.05, 3.63) is 12.1 Å². The van der Waals surface area contributed by atoms with Gasteiger partial charge in [-0.15, -0.1) is 0 Å². The molecule has 5 nitrogen and oxygen atoms in total. The van der Waals surface area contributed by atoms with E-state index >= 15 is 0 Å². The van der Waals surface area contributed by atoms with Gasteiger partial charge in [-0.3, -0.25) is 0 Å². The second-order valence-electron chi connectivity index (χ2n) is 3.02. The summed E-state index contributed by atoms with van der Waals surface area (Å²) in [5.41, 5.74) is 5.74. The van der Waals surface area contributed by atoms with Gasteiger partial charge in [0.25, 0.3) is 0 Å². The molecule has 0 spiro atoms. The molecule has 0 saturated carbocycles. The van der Waals surface area contributed by atoms with Crippen LogP contribution in [-0.4, -0.2) is 21.5 Å². The van der Waals surface area contributed by atoms with Crippen molar-refractivity contribution in [2.75, 3.05) is 18.8 Å². The fourth-order valence-electron chi connectivity index (χ4n) is 1.26. The average Bonchev–Trinajstić information content (AvgIpc) is 2.47. The van der Waals surface area contributed by atoms with Crippen LogP contribution in [0, 0.1) is 0 Å². The minimum absolute atomic E-state index is 0.0711. The monoisotopic (exact) mass is 215 g/mol. The van der Waals surface area contributed by atoms with E-state index in [0.29, 0.717) is 11.5 Å². The third kappa shape index (κ3) is 1.37. The van der Waals surface area contributed by atoms with Crippen LogP contribution in [0.5, 0.6) is 11.5 Å².